The van der Waals surface area contributed by atoms with E-state index < -0.39 is 14.6 Å². The van der Waals surface area contributed by atoms with Crippen LogP contribution in [0.2, 0.25) is 0 Å². The van der Waals surface area contributed by atoms with Gasteiger partial charge in [-0.2, -0.15) is 0 Å². The molecular formula is C52H110O6P2Ti. The summed E-state index contributed by atoms with van der Waals surface area (Å²) in [5.74, 6) is 0. The van der Waals surface area contributed by atoms with Crippen molar-refractivity contribution in [2.24, 2.45) is 0 Å². The van der Waals surface area contributed by atoms with Crippen LogP contribution in [0.3, 0.4) is 0 Å². The van der Waals surface area contributed by atoms with E-state index in [2.05, 4.69) is 27.7 Å². The molecule has 0 radical (unpaired) electrons. The number of unbranched alkanes of at least 4 members (excludes halogenated alkanes) is 40. The molecule has 0 aromatic heterocycles. The van der Waals surface area contributed by atoms with Crippen molar-refractivity contribution in [3.05, 3.63) is 0 Å². The summed E-state index contributed by atoms with van der Waals surface area (Å²) in [6.07, 6.45) is 52.5. The first-order chi connectivity index (χ1) is 28.8. The Morgan fingerprint density at radius 1 is 0.230 bits per heavy atom. The first-order valence-corrected chi connectivity index (χ1v) is 32.0. The zero-order chi connectivity index (χ0) is 44.8. The molecule has 0 saturated carbocycles. The molecule has 0 aromatic rings. The van der Waals surface area contributed by atoms with Gasteiger partial charge in [0.2, 0.25) is 0 Å². The summed E-state index contributed by atoms with van der Waals surface area (Å²) < 4.78 is 0. The Balaban J connectivity index is -0.00000109. The monoisotopic (exact) mass is 941 g/mol. The minimum atomic E-state index is -5.11. The summed E-state index contributed by atoms with van der Waals surface area (Å²) in [4.78, 5) is 69.5. The second-order valence-corrected chi connectivity index (χ2v) is 26.4. The summed E-state index contributed by atoms with van der Waals surface area (Å²) in [6, 6.07) is 0. The molecule has 0 saturated heterocycles. The summed E-state index contributed by atoms with van der Waals surface area (Å²) >= 11 is 0. The standard InChI is InChI=1S/C26H56O3P.C26H54O3P.Ti/c2*1-3-5-7-9-11-13-15-17-19-21-23-25-30(27,28,29)26-24-22-20-18-16-14-12-10-8-6-4-2;/h27-28H,3-26H2,1-2H3;3-26H2,1-2H3;/q-1;-3;+4. The Morgan fingerprint density at radius 3 is 0.525 bits per heavy atom. The average Bonchev–Trinajstić information content (AvgIpc) is 3.20. The molecule has 0 rings (SSSR count). The zero-order valence-corrected chi connectivity index (χ0v) is 45.2. The molecule has 61 heavy (non-hydrogen) atoms. The van der Waals surface area contributed by atoms with Crippen LogP contribution in [0.5, 0.6) is 0 Å². The SMILES string of the molecule is CCCCCCCCCCCCCP([O-])(O)(O)CCCCCCCCCCCCC.CCCCCCCCCCCCCP([O-])([O-])([O-])CCCCCCCCCCCCC.[Ti+4]. The summed E-state index contributed by atoms with van der Waals surface area (Å²) in [5.41, 5.74) is 0. The quantitative estimate of drug-likeness (QED) is 0.0355. The van der Waals surface area contributed by atoms with Gasteiger partial charge in [0.25, 0.3) is 0 Å². The van der Waals surface area contributed by atoms with Gasteiger partial charge in [0.05, 0.1) is 0 Å². The Kier molecular flexibility index (Phi) is 50.7. The molecule has 2 N–H and O–H groups in total. The van der Waals surface area contributed by atoms with E-state index in [-0.39, 0.29) is 46.4 Å². The molecular weight excluding hydrogens is 830 g/mol. The third kappa shape index (κ3) is 57.4. The second-order valence-electron chi connectivity index (χ2n) is 19.6. The minimum Gasteiger partial charge on any atom is -0.0654 e. The van der Waals surface area contributed by atoms with Gasteiger partial charge in [-0.25, -0.2) is 0 Å². The molecule has 0 heterocycles. The van der Waals surface area contributed by atoms with Crippen LogP contribution in [0.1, 0.15) is 310 Å². The van der Waals surface area contributed by atoms with Crippen molar-refractivity contribution in [2.45, 2.75) is 310 Å². The van der Waals surface area contributed by atoms with E-state index in [4.69, 9.17) is 0 Å². The summed E-state index contributed by atoms with van der Waals surface area (Å²) in [7, 11) is -9.73. The van der Waals surface area contributed by atoms with E-state index in [0.29, 0.717) is 25.7 Å². The fraction of sp³-hybridized carbons (Fsp3) is 1.00. The zero-order valence-electron chi connectivity index (χ0n) is 41.9. The second kappa shape index (κ2) is 46.4. The van der Waals surface area contributed by atoms with Crippen molar-refractivity contribution in [2.75, 3.05) is 24.6 Å². The van der Waals surface area contributed by atoms with Crippen LogP contribution in [0.15, 0.2) is 0 Å². The Labute approximate surface area is 398 Å². The molecule has 0 amide bonds. The van der Waals surface area contributed by atoms with Gasteiger partial charge in [0.15, 0.2) is 0 Å². The van der Waals surface area contributed by atoms with Gasteiger partial charge in [-0.05, 0) is 0 Å². The van der Waals surface area contributed by atoms with Crippen LogP contribution >= 0.6 is 14.6 Å². The Morgan fingerprint density at radius 2 is 0.361 bits per heavy atom. The van der Waals surface area contributed by atoms with E-state index in [1.807, 2.05) is 0 Å². The van der Waals surface area contributed by atoms with Gasteiger partial charge in [-0.1, -0.05) is 27.7 Å². The molecule has 0 spiro atoms. The van der Waals surface area contributed by atoms with Gasteiger partial charge in [-0.15, -0.1) is 0 Å². The maximum atomic E-state index is 12.4. The normalized spacial score (nSPS) is 13.2. The van der Waals surface area contributed by atoms with Gasteiger partial charge >= 0.3 is 373 Å². The van der Waals surface area contributed by atoms with Crippen LogP contribution in [-0.4, -0.2) is 34.4 Å². The summed E-state index contributed by atoms with van der Waals surface area (Å²) in [5, 5.41) is 0. The first-order valence-electron chi connectivity index (χ1n) is 27.2. The topological polar surface area (TPSA) is 133 Å². The molecule has 0 aliphatic heterocycles. The van der Waals surface area contributed by atoms with Crippen molar-refractivity contribution in [3.63, 3.8) is 0 Å². The smallest absolute Gasteiger partial charge is 0.0654 e. The van der Waals surface area contributed by atoms with E-state index in [1.54, 1.807) is 0 Å². The van der Waals surface area contributed by atoms with Crippen molar-refractivity contribution >= 4 is 14.6 Å². The third-order valence-corrected chi connectivity index (χ3v) is 17.6. The Bertz CT molecular complexity index is 719. The molecule has 0 aliphatic carbocycles. The number of hydrogen-bond donors (Lipinski definition) is 2. The van der Waals surface area contributed by atoms with Gasteiger partial charge in [0, 0.05) is 0 Å². The van der Waals surface area contributed by atoms with Crippen LogP contribution in [0, 0.1) is 0 Å². The molecule has 0 aliphatic rings. The molecule has 0 aromatic carbocycles. The molecule has 0 unspecified atom stereocenters. The molecule has 0 fully saturated rings. The fourth-order valence-electron chi connectivity index (χ4n) is 8.57. The molecule has 6 nitrogen and oxygen atoms in total. The van der Waals surface area contributed by atoms with Crippen LogP contribution in [0.4, 0.5) is 0 Å². The number of rotatable bonds is 48. The molecule has 0 atom stereocenters. The van der Waals surface area contributed by atoms with Crippen LogP contribution < -0.4 is 19.6 Å². The third-order valence-electron chi connectivity index (χ3n) is 12.8. The first kappa shape index (κ1) is 66.6. The van der Waals surface area contributed by atoms with E-state index in [9.17, 15) is 29.4 Å². The predicted molar refractivity (Wildman–Crippen MR) is 264 cm³/mol. The van der Waals surface area contributed by atoms with Gasteiger partial charge in [-0.3, -0.25) is 0 Å². The molecule has 368 valence electrons. The van der Waals surface area contributed by atoms with Gasteiger partial charge < -0.3 is 0 Å². The van der Waals surface area contributed by atoms with E-state index in [1.165, 1.54) is 205 Å². The van der Waals surface area contributed by atoms with E-state index in [0.717, 1.165) is 51.4 Å². The van der Waals surface area contributed by atoms with E-state index >= 15 is 0 Å². The predicted octanol–water partition coefficient (Wildman–Crippen LogP) is 15.2. The molecule has 0 bridgehead atoms. The maximum absolute atomic E-state index is 12.4. The average molecular weight is 941 g/mol. The summed E-state index contributed by atoms with van der Waals surface area (Å²) in [6.45, 7) is 8.98. The minimum absolute atomic E-state index is 0. The van der Waals surface area contributed by atoms with Crippen LogP contribution in [0.25, 0.3) is 0 Å². The number of hydrogen-bond acceptors (Lipinski definition) is 6. The molecule has 9 heteroatoms. The Hall–Kier alpha value is 1.33. The van der Waals surface area contributed by atoms with Gasteiger partial charge in [0.1, 0.15) is 0 Å². The van der Waals surface area contributed by atoms with Crippen LogP contribution in [-0.2, 0) is 21.7 Å². The van der Waals surface area contributed by atoms with Crippen molar-refractivity contribution in [1.82, 2.24) is 0 Å². The van der Waals surface area contributed by atoms with Crippen molar-refractivity contribution < 1.29 is 51.1 Å². The van der Waals surface area contributed by atoms with Crippen molar-refractivity contribution in [3.8, 4) is 0 Å². The fourth-order valence-corrected chi connectivity index (χ4v) is 12.4. The van der Waals surface area contributed by atoms with Crippen molar-refractivity contribution in [1.29, 1.82) is 0 Å².